The van der Waals surface area contributed by atoms with Crippen molar-refractivity contribution in [1.29, 1.82) is 5.26 Å². The fraction of sp³-hybridized carbons (Fsp3) is 0.565. The molecule has 7 heteroatoms. The van der Waals surface area contributed by atoms with Gasteiger partial charge in [0.25, 0.3) is 5.91 Å². The van der Waals surface area contributed by atoms with Crippen LogP contribution in [-0.4, -0.2) is 30.4 Å². The first-order chi connectivity index (χ1) is 14.4. The zero-order chi connectivity index (χ0) is 21.3. The Morgan fingerprint density at radius 3 is 2.20 bits per heavy atom. The van der Waals surface area contributed by atoms with Crippen LogP contribution in [0.5, 0.6) is 0 Å². The third-order valence-electron chi connectivity index (χ3n) is 6.87. The molecule has 30 heavy (non-hydrogen) atoms. The summed E-state index contributed by atoms with van der Waals surface area (Å²) in [7, 11) is 0. The molecule has 1 atom stereocenters. The van der Waals surface area contributed by atoms with E-state index >= 15 is 0 Å². The van der Waals surface area contributed by atoms with Crippen molar-refractivity contribution in [2.75, 3.05) is 11.9 Å². The van der Waals surface area contributed by atoms with Crippen molar-refractivity contribution in [2.45, 2.75) is 51.6 Å². The summed E-state index contributed by atoms with van der Waals surface area (Å²) in [5.74, 6) is 0.823. The van der Waals surface area contributed by atoms with Gasteiger partial charge in [0, 0.05) is 11.1 Å². The first-order valence-corrected chi connectivity index (χ1v) is 10.7. The molecule has 4 aliphatic rings. The number of amides is 2. The van der Waals surface area contributed by atoms with Gasteiger partial charge >= 0.3 is 5.97 Å². The highest BCUT2D eigenvalue weighted by Gasteiger charge is 2.54. The number of hydrogen-bond acceptors (Lipinski definition) is 5. The lowest BCUT2D eigenvalue weighted by Crippen LogP contribution is -2.54. The van der Waals surface area contributed by atoms with Crippen molar-refractivity contribution in [3.05, 3.63) is 29.8 Å². The number of esters is 1. The van der Waals surface area contributed by atoms with Gasteiger partial charge in [-0.2, -0.15) is 5.26 Å². The van der Waals surface area contributed by atoms with Crippen LogP contribution in [0.15, 0.2) is 24.3 Å². The molecule has 1 aromatic rings. The Kier molecular flexibility index (Phi) is 5.50. The van der Waals surface area contributed by atoms with E-state index in [2.05, 4.69) is 10.6 Å². The number of rotatable bonds is 6. The number of carbonyl (C=O) groups excluding carboxylic acids is 3. The normalized spacial score (nSPS) is 29.5. The molecule has 4 aliphatic carbocycles. The number of anilines is 1. The minimum absolute atomic E-state index is 0.0340. The fourth-order valence-electron chi connectivity index (χ4n) is 5.89. The van der Waals surface area contributed by atoms with Crippen LogP contribution in [0.4, 0.5) is 5.69 Å². The van der Waals surface area contributed by atoms with Crippen LogP contribution in [-0.2, 0) is 19.1 Å². The smallest absolute Gasteiger partial charge is 0.326 e. The van der Waals surface area contributed by atoms with Crippen molar-refractivity contribution < 1.29 is 19.1 Å². The van der Waals surface area contributed by atoms with Crippen molar-refractivity contribution in [3.63, 3.8) is 0 Å². The van der Waals surface area contributed by atoms with Gasteiger partial charge in [0.15, 0.2) is 6.10 Å². The predicted molar refractivity (Wildman–Crippen MR) is 109 cm³/mol. The van der Waals surface area contributed by atoms with Crippen LogP contribution < -0.4 is 10.6 Å². The standard InChI is InChI=1S/C23H27N3O4/c1-14(21(28)26-19-4-2-15(12-24)3-5-19)30-20(27)13-25-22(29)23-9-16-6-17(10-23)8-18(7-16)11-23/h2-5,14,16-18H,6-11,13H2,1H3,(H,25,29)(H,26,28)/t14-,16?,17?,18?,23?/m1/s1. The van der Waals surface area contributed by atoms with Crippen molar-refractivity contribution in [3.8, 4) is 6.07 Å². The molecule has 0 unspecified atom stereocenters. The van der Waals surface area contributed by atoms with Crippen LogP contribution in [0.2, 0.25) is 0 Å². The van der Waals surface area contributed by atoms with Gasteiger partial charge in [0.05, 0.1) is 11.6 Å². The summed E-state index contributed by atoms with van der Waals surface area (Å²) in [5.41, 5.74) is 0.687. The van der Waals surface area contributed by atoms with Gasteiger partial charge in [0.2, 0.25) is 5.91 Å². The average Bonchev–Trinajstić information content (AvgIpc) is 2.71. The second kappa shape index (κ2) is 8.10. The Labute approximate surface area is 176 Å². The van der Waals surface area contributed by atoms with Crippen molar-refractivity contribution in [2.24, 2.45) is 23.2 Å². The van der Waals surface area contributed by atoms with E-state index in [1.54, 1.807) is 24.3 Å². The van der Waals surface area contributed by atoms with E-state index in [1.807, 2.05) is 6.07 Å². The van der Waals surface area contributed by atoms with Crippen LogP contribution in [0, 0.1) is 34.5 Å². The minimum atomic E-state index is -0.996. The van der Waals surface area contributed by atoms with Gasteiger partial charge < -0.3 is 15.4 Å². The Bertz CT molecular complexity index is 851. The zero-order valence-corrected chi connectivity index (χ0v) is 17.1. The lowest BCUT2D eigenvalue weighted by Gasteiger charge is -2.55. The summed E-state index contributed by atoms with van der Waals surface area (Å²) < 4.78 is 5.18. The van der Waals surface area contributed by atoms with E-state index in [1.165, 1.54) is 26.2 Å². The Morgan fingerprint density at radius 2 is 1.67 bits per heavy atom. The quantitative estimate of drug-likeness (QED) is 0.703. The highest BCUT2D eigenvalue weighted by molar-refractivity contribution is 5.95. The largest absolute Gasteiger partial charge is 0.451 e. The SMILES string of the molecule is C[C@@H](OC(=O)CNC(=O)C12CC3CC(CC(C3)C1)C2)C(=O)Nc1ccc(C#N)cc1. The number of benzene rings is 1. The first-order valence-electron chi connectivity index (χ1n) is 10.7. The van der Waals surface area contributed by atoms with Gasteiger partial charge in [-0.25, -0.2) is 0 Å². The minimum Gasteiger partial charge on any atom is -0.451 e. The molecule has 0 aliphatic heterocycles. The predicted octanol–water partition coefficient (Wildman–Crippen LogP) is 2.76. The molecule has 1 aromatic carbocycles. The third-order valence-corrected chi connectivity index (χ3v) is 6.87. The number of ether oxygens (including phenoxy) is 1. The molecule has 0 spiro atoms. The lowest BCUT2D eigenvalue weighted by molar-refractivity contribution is -0.155. The van der Waals surface area contributed by atoms with E-state index in [-0.39, 0.29) is 17.9 Å². The summed E-state index contributed by atoms with van der Waals surface area (Å²) in [6.45, 7) is 1.26. The molecule has 0 radical (unpaired) electrons. The Balaban J connectivity index is 1.24. The monoisotopic (exact) mass is 409 g/mol. The maximum absolute atomic E-state index is 12.9. The topological polar surface area (TPSA) is 108 Å². The fourth-order valence-corrected chi connectivity index (χ4v) is 5.89. The second-order valence-corrected chi connectivity index (χ2v) is 9.19. The number of hydrogen-bond donors (Lipinski definition) is 2. The molecule has 4 saturated carbocycles. The second-order valence-electron chi connectivity index (χ2n) is 9.19. The average molecular weight is 409 g/mol. The Morgan fingerprint density at radius 1 is 1.10 bits per heavy atom. The molecule has 5 rings (SSSR count). The summed E-state index contributed by atoms with van der Waals surface area (Å²) >= 11 is 0. The number of carbonyl (C=O) groups is 3. The van der Waals surface area contributed by atoms with Crippen LogP contribution in [0.1, 0.15) is 51.0 Å². The van der Waals surface area contributed by atoms with Crippen molar-refractivity contribution in [1.82, 2.24) is 5.32 Å². The van der Waals surface area contributed by atoms with E-state index in [4.69, 9.17) is 10.00 Å². The van der Waals surface area contributed by atoms with E-state index in [0.29, 0.717) is 29.0 Å². The van der Waals surface area contributed by atoms with Crippen molar-refractivity contribution >= 4 is 23.5 Å². The summed E-state index contributed by atoms with van der Waals surface area (Å²) in [5, 5.41) is 14.2. The van der Waals surface area contributed by atoms with Gasteiger partial charge in [0.1, 0.15) is 6.54 Å². The highest BCUT2D eigenvalue weighted by Crippen LogP contribution is 2.60. The van der Waals surface area contributed by atoms with E-state index in [0.717, 1.165) is 19.3 Å². The summed E-state index contributed by atoms with van der Waals surface area (Å²) in [6, 6.07) is 8.40. The lowest BCUT2D eigenvalue weighted by atomic mass is 9.49. The maximum Gasteiger partial charge on any atom is 0.326 e. The van der Waals surface area contributed by atoms with Gasteiger partial charge in [-0.05, 0) is 87.5 Å². The van der Waals surface area contributed by atoms with Crippen LogP contribution in [0.3, 0.4) is 0 Å². The Hall–Kier alpha value is -2.88. The number of nitriles is 1. The van der Waals surface area contributed by atoms with Crippen LogP contribution >= 0.6 is 0 Å². The van der Waals surface area contributed by atoms with E-state index in [9.17, 15) is 14.4 Å². The summed E-state index contributed by atoms with van der Waals surface area (Å²) in [6.07, 6.45) is 5.56. The molecular formula is C23H27N3O4. The highest BCUT2D eigenvalue weighted by atomic mass is 16.5. The van der Waals surface area contributed by atoms with Gasteiger partial charge in [-0.3, -0.25) is 14.4 Å². The molecule has 7 nitrogen and oxygen atoms in total. The zero-order valence-electron chi connectivity index (χ0n) is 17.1. The number of nitrogens with zero attached hydrogens (tertiary/aromatic N) is 1. The molecule has 0 aromatic heterocycles. The summed E-state index contributed by atoms with van der Waals surface area (Å²) in [4.78, 5) is 37.3. The molecular weight excluding hydrogens is 382 g/mol. The third kappa shape index (κ3) is 4.18. The molecule has 2 N–H and O–H groups in total. The molecule has 4 bridgehead atoms. The number of nitrogens with one attached hydrogen (secondary N) is 2. The first kappa shape index (κ1) is 20.4. The molecule has 158 valence electrons. The van der Waals surface area contributed by atoms with E-state index < -0.39 is 18.0 Å². The molecule has 4 fully saturated rings. The van der Waals surface area contributed by atoms with Gasteiger partial charge in [-0.15, -0.1) is 0 Å². The van der Waals surface area contributed by atoms with Crippen LogP contribution in [0.25, 0.3) is 0 Å². The molecule has 0 heterocycles. The molecule has 0 saturated heterocycles. The van der Waals surface area contributed by atoms with Gasteiger partial charge in [-0.1, -0.05) is 0 Å². The molecule has 2 amide bonds. The maximum atomic E-state index is 12.9.